The highest BCUT2D eigenvalue weighted by molar-refractivity contribution is 8.18. The Kier molecular flexibility index (Phi) is 5.61. The molecule has 0 spiro atoms. The Morgan fingerprint density at radius 1 is 1.15 bits per heavy atom. The van der Waals surface area contributed by atoms with Crippen LogP contribution >= 0.6 is 11.8 Å². The number of ether oxygens (including phenoxy) is 1. The summed E-state index contributed by atoms with van der Waals surface area (Å²) in [6.45, 7) is 2.39. The van der Waals surface area contributed by atoms with Crippen LogP contribution in [0.1, 0.15) is 28.4 Å². The summed E-state index contributed by atoms with van der Waals surface area (Å²) in [5.41, 5.74) is 1.26. The molecule has 0 bridgehead atoms. The second kappa shape index (κ2) is 8.09. The molecule has 27 heavy (non-hydrogen) atoms. The van der Waals surface area contributed by atoms with E-state index >= 15 is 0 Å². The second-order valence-corrected chi connectivity index (χ2v) is 6.73. The summed E-state index contributed by atoms with van der Waals surface area (Å²) in [4.78, 5) is 37.6. The first-order chi connectivity index (χ1) is 13.0. The van der Waals surface area contributed by atoms with E-state index in [1.807, 2.05) is 6.92 Å². The molecule has 6 nitrogen and oxygen atoms in total. The smallest absolute Gasteiger partial charge is 0.336 e. The van der Waals surface area contributed by atoms with E-state index in [1.165, 1.54) is 6.07 Å². The van der Waals surface area contributed by atoms with Crippen LogP contribution in [0.25, 0.3) is 6.08 Å². The summed E-state index contributed by atoms with van der Waals surface area (Å²) in [5.74, 6) is -0.797. The number of nitrogens with zero attached hydrogens (tertiary/aromatic N) is 1. The van der Waals surface area contributed by atoms with Crippen LogP contribution in [0.15, 0.2) is 53.4 Å². The number of hydrogen-bond acceptors (Lipinski definition) is 5. The normalized spacial score (nSPS) is 15.4. The minimum atomic E-state index is -1.09. The van der Waals surface area contributed by atoms with Crippen molar-refractivity contribution < 1.29 is 24.2 Å². The molecule has 0 radical (unpaired) electrons. The zero-order valence-electron chi connectivity index (χ0n) is 14.5. The largest absolute Gasteiger partial charge is 0.494 e. The molecule has 7 heteroatoms. The molecule has 1 aliphatic heterocycles. The van der Waals surface area contributed by atoms with E-state index in [9.17, 15) is 19.5 Å². The van der Waals surface area contributed by atoms with E-state index in [-0.39, 0.29) is 12.1 Å². The molecule has 0 aliphatic carbocycles. The quantitative estimate of drug-likeness (QED) is 0.759. The molecule has 3 rings (SSSR count). The Morgan fingerprint density at radius 3 is 2.52 bits per heavy atom. The van der Waals surface area contributed by atoms with E-state index in [2.05, 4.69) is 0 Å². The van der Waals surface area contributed by atoms with Crippen molar-refractivity contribution in [1.29, 1.82) is 0 Å². The monoisotopic (exact) mass is 383 g/mol. The number of carboxylic acids is 1. The number of hydrogen-bond donors (Lipinski definition) is 1. The van der Waals surface area contributed by atoms with Gasteiger partial charge in [0.2, 0.25) is 0 Å². The minimum Gasteiger partial charge on any atom is -0.494 e. The Hall–Kier alpha value is -3.06. The van der Waals surface area contributed by atoms with Crippen LogP contribution in [0.5, 0.6) is 5.75 Å². The van der Waals surface area contributed by atoms with Crippen molar-refractivity contribution in [2.75, 3.05) is 6.61 Å². The number of thioether (sulfide) groups is 1. The first-order valence-corrected chi connectivity index (χ1v) is 9.10. The van der Waals surface area contributed by atoms with Crippen molar-refractivity contribution in [3.05, 3.63) is 70.1 Å². The van der Waals surface area contributed by atoms with Gasteiger partial charge in [0.25, 0.3) is 11.1 Å². The molecule has 0 unspecified atom stereocenters. The summed E-state index contributed by atoms with van der Waals surface area (Å²) in [5, 5.41) is 8.84. The van der Waals surface area contributed by atoms with Crippen LogP contribution in [0.4, 0.5) is 4.79 Å². The Labute approximate surface area is 160 Å². The van der Waals surface area contributed by atoms with Crippen LogP contribution < -0.4 is 4.74 Å². The van der Waals surface area contributed by atoms with Gasteiger partial charge in [0.15, 0.2) is 0 Å². The lowest BCUT2D eigenvalue weighted by Crippen LogP contribution is -2.28. The number of imide groups is 1. The van der Waals surface area contributed by atoms with Gasteiger partial charge in [0.1, 0.15) is 5.75 Å². The molecule has 2 aromatic carbocycles. The SMILES string of the molecule is CCOc1ccc(/C=C2/SC(=O)N(Cc3ccccc3C(=O)O)C2=O)cc1. The molecule has 138 valence electrons. The van der Waals surface area contributed by atoms with Gasteiger partial charge in [0, 0.05) is 0 Å². The highest BCUT2D eigenvalue weighted by atomic mass is 32.2. The number of benzene rings is 2. The summed E-state index contributed by atoms with van der Waals surface area (Å²) in [7, 11) is 0. The fourth-order valence-electron chi connectivity index (χ4n) is 2.65. The molecule has 1 heterocycles. The lowest BCUT2D eigenvalue weighted by atomic mass is 10.1. The fraction of sp³-hybridized carbons (Fsp3) is 0.150. The molecular weight excluding hydrogens is 366 g/mol. The van der Waals surface area contributed by atoms with Crippen molar-refractivity contribution in [1.82, 2.24) is 4.90 Å². The molecule has 2 amide bonds. The molecule has 1 aliphatic rings. The van der Waals surface area contributed by atoms with Gasteiger partial charge in [-0.15, -0.1) is 0 Å². The maximum Gasteiger partial charge on any atom is 0.336 e. The maximum atomic E-state index is 12.6. The van der Waals surface area contributed by atoms with Gasteiger partial charge in [-0.25, -0.2) is 4.79 Å². The number of rotatable bonds is 6. The van der Waals surface area contributed by atoms with Gasteiger partial charge < -0.3 is 9.84 Å². The van der Waals surface area contributed by atoms with Crippen LogP contribution in [-0.4, -0.2) is 33.7 Å². The van der Waals surface area contributed by atoms with E-state index in [4.69, 9.17) is 4.74 Å². The van der Waals surface area contributed by atoms with E-state index in [1.54, 1.807) is 48.5 Å². The molecule has 1 saturated heterocycles. The van der Waals surface area contributed by atoms with Gasteiger partial charge in [-0.2, -0.15) is 0 Å². The highest BCUT2D eigenvalue weighted by Crippen LogP contribution is 2.33. The first-order valence-electron chi connectivity index (χ1n) is 8.29. The lowest BCUT2D eigenvalue weighted by molar-refractivity contribution is -0.123. The van der Waals surface area contributed by atoms with E-state index in [0.29, 0.717) is 17.1 Å². The topological polar surface area (TPSA) is 83.9 Å². The van der Waals surface area contributed by atoms with Gasteiger partial charge in [-0.3, -0.25) is 14.5 Å². The van der Waals surface area contributed by atoms with Crippen LogP contribution in [0.2, 0.25) is 0 Å². The Morgan fingerprint density at radius 2 is 1.85 bits per heavy atom. The third kappa shape index (κ3) is 4.20. The van der Waals surface area contributed by atoms with Gasteiger partial charge in [0.05, 0.1) is 23.6 Å². The maximum absolute atomic E-state index is 12.6. The molecule has 0 atom stereocenters. The average molecular weight is 383 g/mol. The number of amides is 2. The molecule has 0 saturated carbocycles. The summed E-state index contributed by atoms with van der Waals surface area (Å²) in [6, 6.07) is 13.5. The van der Waals surface area contributed by atoms with Crippen molar-refractivity contribution >= 4 is 35.0 Å². The predicted octanol–water partition coefficient (Wildman–Crippen LogP) is 4.02. The van der Waals surface area contributed by atoms with Crippen molar-refractivity contribution in [3.63, 3.8) is 0 Å². The Balaban J connectivity index is 1.80. The number of aromatic carboxylic acids is 1. The summed E-state index contributed by atoms with van der Waals surface area (Å²) in [6.07, 6.45) is 1.64. The van der Waals surface area contributed by atoms with Crippen LogP contribution in [0.3, 0.4) is 0 Å². The predicted molar refractivity (Wildman–Crippen MR) is 103 cm³/mol. The summed E-state index contributed by atoms with van der Waals surface area (Å²) < 4.78 is 5.38. The standard InChI is InChI=1S/C20H17NO5S/c1-2-26-15-9-7-13(8-10-15)11-17-18(22)21(20(25)27-17)12-14-5-3-4-6-16(14)19(23)24/h3-11H,2,12H2,1H3,(H,23,24)/b17-11+. The fourth-order valence-corrected chi connectivity index (χ4v) is 3.49. The molecule has 1 N–H and O–H groups in total. The van der Waals surface area contributed by atoms with Crippen molar-refractivity contribution in [3.8, 4) is 5.75 Å². The number of carboxylic acid groups (broad SMARTS) is 1. The average Bonchev–Trinajstić information content (AvgIpc) is 2.91. The van der Waals surface area contributed by atoms with E-state index < -0.39 is 17.1 Å². The third-order valence-corrected chi connectivity index (χ3v) is 4.85. The number of carbonyl (C=O) groups is 3. The zero-order valence-corrected chi connectivity index (χ0v) is 15.4. The van der Waals surface area contributed by atoms with Crippen LogP contribution in [0, 0.1) is 0 Å². The first kappa shape index (κ1) is 18.7. The zero-order chi connectivity index (χ0) is 19.4. The Bertz CT molecular complexity index is 920. The highest BCUT2D eigenvalue weighted by Gasteiger charge is 2.35. The number of carbonyl (C=O) groups excluding carboxylic acids is 2. The molecule has 0 aromatic heterocycles. The second-order valence-electron chi connectivity index (χ2n) is 5.73. The minimum absolute atomic E-state index is 0.0756. The van der Waals surface area contributed by atoms with Gasteiger partial charge >= 0.3 is 5.97 Å². The van der Waals surface area contributed by atoms with Gasteiger partial charge in [-0.1, -0.05) is 30.3 Å². The van der Waals surface area contributed by atoms with Crippen LogP contribution in [-0.2, 0) is 11.3 Å². The van der Waals surface area contributed by atoms with Gasteiger partial charge in [-0.05, 0) is 54.1 Å². The third-order valence-electron chi connectivity index (χ3n) is 3.94. The summed E-state index contributed by atoms with van der Waals surface area (Å²) >= 11 is 0.844. The lowest BCUT2D eigenvalue weighted by Gasteiger charge is -2.14. The molecular formula is C20H17NO5S. The molecule has 1 fully saturated rings. The van der Waals surface area contributed by atoms with E-state index in [0.717, 1.165) is 28.0 Å². The van der Waals surface area contributed by atoms with Crippen molar-refractivity contribution in [2.45, 2.75) is 13.5 Å². The van der Waals surface area contributed by atoms with Crippen molar-refractivity contribution in [2.24, 2.45) is 0 Å². The molecule has 2 aromatic rings.